The van der Waals surface area contributed by atoms with E-state index in [4.69, 9.17) is 20.9 Å². The normalized spacial score (nSPS) is 23.6. The molecule has 0 radical (unpaired) electrons. The molecule has 1 fully saturated rings. The highest BCUT2D eigenvalue weighted by molar-refractivity contribution is 7.85. The molecule has 3 rings (SSSR count). The Kier molecular flexibility index (Phi) is 3.72. The number of rotatable bonds is 3. The second kappa shape index (κ2) is 5.48. The van der Waals surface area contributed by atoms with Gasteiger partial charge in [-0.3, -0.25) is 4.21 Å². The van der Waals surface area contributed by atoms with Crippen LogP contribution in [0.5, 0.6) is 5.88 Å². The molecule has 2 aromatic rings. The molecule has 1 aromatic carbocycles. The lowest BCUT2D eigenvalue weighted by Gasteiger charge is -2.21. The number of benzene rings is 1. The van der Waals surface area contributed by atoms with Crippen molar-refractivity contribution < 1.29 is 13.5 Å². The van der Waals surface area contributed by atoms with Crippen LogP contribution in [0.15, 0.2) is 22.7 Å². The first-order chi connectivity index (χ1) is 9.24. The van der Waals surface area contributed by atoms with Crippen molar-refractivity contribution in [3.63, 3.8) is 0 Å². The fourth-order valence-electron chi connectivity index (χ4n) is 1.99. The zero-order valence-corrected chi connectivity index (χ0v) is 11.7. The highest BCUT2D eigenvalue weighted by Gasteiger charge is 2.22. The summed E-state index contributed by atoms with van der Waals surface area (Å²) in [6, 6.07) is 5.23. The molecule has 1 unspecified atom stereocenters. The summed E-state index contributed by atoms with van der Waals surface area (Å²) in [7, 11) is -0.850. The molecule has 2 atom stereocenters. The van der Waals surface area contributed by atoms with Gasteiger partial charge in [0.15, 0.2) is 5.58 Å². The first kappa shape index (κ1) is 12.9. The molecule has 0 aliphatic carbocycles. The van der Waals surface area contributed by atoms with Crippen molar-refractivity contribution in [1.29, 1.82) is 0 Å². The SMILES string of the molecule is O=S1CCNC[C@H]1COc1noc2ccc(Cl)cc12. The van der Waals surface area contributed by atoms with Gasteiger partial charge in [-0.05, 0) is 23.4 Å². The summed E-state index contributed by atoms with van der Waals surface area (Å²) in [4.78, 5) is 0. The minimum Gasteiger partial charge on any atom is -0.474 e. The molecule has 19 heavy (non-hydrogen) atoms. The van der Waals surface area contributed by atoms with Gasteiger partial charge in [-0.25, -0.2) is 0 Å². The molecule has 1 aliphatic heterocycles. The smallest absolute Gasteiger partial charge is 0.262 e. The number of halogens is 1. The number of aromatic nitrogens is 1. The molecular formula is C12H13ClN2O3S. The maximum absolute atomic E-state index is 11.8. The summed E-state index contributed by atoms with van der Waals surface area (Å²) >= 11 is 5.94. The molecule has 1 aliphatic rings. The first-order valence-electron chi connectivity index (χ1n) is 5.99. The molecule has 5 nitrogen and oxygen atoms in total. The standard InChI is InChI=1S/C12H13ClN2O3S/c13-8-1-2-11-10(5-8)12(15-18-11)17-7-9-6-14-3-4-19(9)16/h1-2,5,9,14H,3-4,6-7H2/t9-,19?/m0/s1. The maximum Gasteiger partial charge on any atom is 0.262 e. The van der Waals surface area contributed by atoms with E-state index in [1.54, 1.807) is 18.2 Å². The van der Waals surface area contributed by atoms with Crippen LogP contribution in [0.1, 0.15) is 0 Å². The molecule has 0 spiro atoms. The third kappa shape index (κ3) is 2.75. The van der Waals surface area contributed by atoms with E-state index in [0.29, 0.717) is 35.4 Å². The van der Waals surface area contributed by atoms with Crippen LogP contribution in [-0.4, -0.2) is 40.1 Å². The Morgan fingerprint density at radius 3 is 3.32 bits per heavy atom. The lowest BCUT2D eigenvalue weighted by atomic mass is 10.2. The minimum absolute atomic E-state index is 0.0142. The Labute approximate surface area is 117 Å². The van der Waals surface area contributed by atoms with Crippen LogP contribution in [0.4, 0.5) is 0 Å². The molecule has 0 saturated carbocycles. The van der Waals surface area contributed by atoms with Crippen molar-refractivity contribution in [2.45, 2.75) is 5.25 Å². The average Bonchev–Trinajstić information content (AvgIpc) is 2.80. The van der Waals surface area contributed by atoms with Gasteiger partial charge in [0.1, 0.15) is 6.61 Å². The van der Waals surface area contributed by atoms with Gasteiger partial charge in [-0.15, -0.1) is 0 Å². The van der Waals surface area contributed by atoms with Gasteiger partial charge in [0.25, 0.3) is 5.88 Å². The van der Waals surface area contributed by atoms with Crippen LogP contribution < -0.4 is 10.1 Å². The molecule has 102 valence electrons. The highest BCUT2D eigenvalue weighted by atomic mass is 35.5. The Hall–Kier alpha value is -1.11. The number of hydrogen-bond donors (Lipinski definition) is 1. The maximum atomic E-state index is 11.8. The van der Waals surface area contributed by atoms with Crippen molar-refractivity contribution in [3.8, 4) is 5.88 Å². The number of nitrogens with zero attached hydrogens (tertiary/aromatic N) is 1. The number of hydrogen-bond acceptors (Lipinski definition) is 5. The molecule has 0 bridgehead atoms. The zero-order valence-electron chi connectivity index (χ0n) is 10.1. The quantitative estimate of drug-likeness (QED) is 0.932. The topological polar surface area (TPSA) is 64.4 Å². The first-order valence-corrected chi connectivity index (χ1v) is 7.75. The fourth-order valence-corrected chi connectivity index (χ4v) is 3.37. The lowest BCUT2D eigenvalue weighted by Crippen LogP contribution is -2.43. The van der Waals surface area contributed by atoms with Gasteiger partial charge in [0.2, 0.25) is 0 Å². The van der Waals surface area contributed by atoms with Crippen LogP contribution >= 0.6 is 11.6 Å². The molecule has 1 saturated heterocycles. The molecule has 1 N–H and O–H groups in total. The minimum atomic E-state index is -0.850. The number of ether oxygens (including phenoxy) is 1. The predicted octanol–water partition coefficient (Wildman–Crippen LogP) is 1.58. The Morgan fingerprint density at radius 2 is 2.47 bits per heavy atom. The van der Waals surface area contributed by atoms with Crippen molar-refractivity contribution in [1.82, 2.24) is 10.5 Å². The van der Waals surface area contributed by atoms with Gasteiger partial charge in [-0.2, -0.15) is 0 Å². The molecular weight excluding hydrogens is 288 g/mol. The van der Waals surface area contributed by atoms with E-state index >= 15 is 0 Å². The van der Waals surface area contributed by atoms with E-state index < -0.39 is 10.8 Å². The van der Waals surface area contributed by atoms with Gasteiger partial charge >= 0.3 is 0 Å². The van der Waals surface area contributed by atoms with Crippen molar-refractivity contribution >= 4 is 33.4 Å². The molecule has 2 heterocycles. The molecule has 7 heteroatoms. The van der Waals surface area contributed by atoms with Crippen LogP contribution in [-0.2, 0) is 10.8 Å². The van der Waals surface area contributed by atoms with Gasteiger partial charge in [0, 0.05) is 34.7 Å². The average molecular weight is 301 g/mol. The van der Waals surface area contributed by atoms with E-state index in [2.05, 4.69) is 10.5 Å². The van der Waals surface area contributed by atoms with E-state index in [0.717, 1.165) is 11.9 Å². The number of fused-ring (bicyclic) bond motifs is 1. The van der Waals surface area contributed by atoms with Gasteiger partial charge in [0.05, 0.1) is 10.6 Å². The second-order valence-corrected chi connectivity index (χ2v) is 6.62. The summed E-state index contributed by atoms with van der Waals surface area (Å²) in [5, 5.41) is 8.40. The van der Waals surface area contributed by atoms with E-state index in [9.17, 15) is 4.21 Å². The van der Waals surface area contributed by atoms with Crippen LogP contribution in [0.2, 0.25) is 5.02 Å². The monoisotopic (exact) mass is 300 g/mol. The Bertz CT molecular complexity index is 616. The van der Waals surface area contributed by atoms with Crippen molar-refractivity contribution in [2.75, 3.05) is 25.4 Å². The predicted molar refractivity (Wildman–Crippen MR) is 74.2 cm³/mol. The molecule has 0 amide bonds. The largest absolute Gasteiger partial charge is 0.474 e. The second-order valence-electron chi connectivity index (χ2n) is 4.35. The van der Waals surface area contributed by atoms with Gasteiger partial charge < -0.3 is 14.6 Å². The highest BCUT2D eigenvalue weighted by Crippen LogP contribution is 2.27. The summed E-state index contributed by atoms with van der Waals surface area (Å²) < 4.78 is 22.6. The van der Waals surface area contributed by atoms with E-state index in [-0.39, 0.29) is 5.25 Å². The number of nitrogens with one attached hydrogen (secondary N) is 1. The van der Waals surface area contributed by atoms with Crippen LogP contribution in [0.3, 0.4) is 0 Å². The van der Waals surface area contributed by atoms with Crippen LogP contribution in [0, 0.1) is 0 Å². The summed E-state index contributed by atoms with van der Waals surface area (Å²) in [6.45, 7) is 1.85. The molecule has 1 aromatic heterocycles. The fraction of sp³-hybridized carbons (Fsp3) is 0.417. The van der Waals surface area contributed by atoms with Crippen molar-refractivity contribution in [3.05, 3.63) is 23.2 Å². The van der Waals surface area contributed by atoms with E-state index in [1.807, 2.05) is 0 Å². The lowest BCUT2D eigenvalue weighted by molar-refractivity contribution is 0.279. The third-order valence-corrected chi connectivity index (χ3v) is 4.92. The van der Waals surface area contributed by atoms with Crippen molar-refractivity contribution in [2.24, 2.45) is 0 Å². The Balaban J connectivity index is 1.74. The Morgan fingerprint density at radius 1 is 1.58 bits per heavy atom. The summed E-state index contributed by atoms with van der Waals surface area (Å²) in [5.74, 6) is 1.07. The zero-order chi connectivity index (χ0) is 13.2. The van der Waals surface area contributed by atoms with E-state index in [1.165, 1.54) is 0 Å². The van der Waals surface area contributed by atoms with Crippen LogP contribution in [0.25, 0.3) is 11.0 Å². The van der Waals surface area contributed by atoms with Gasteiger partial charge in [-0.1, -0.05) is 11.6 Å². The summed E-state index contributed by atoms with van der Waals surface area (Å²) in [6.07, 6.45) is 0. The summed E-state index contributed by atoms with van der Waals surface area (Å²) in [5.41, 5.74) is 0.627. The third-order valence-electron chi connectivity index (χ3n) is 3.03.